The Morgan fingerprint density at radius 2 is 0.964 bits per heavy atom. The molecule has 4 aromatic rings. The zero-order valence-electron chi connectivity index (χ0n) is 50.7. The van der Waals surface area contributed by atoms with E-state index in [1.54, 1.807) is 24.3 Å². The molecule has 0 aliphatic rings. The number of hydrogen-bond donors (Lipinski definition) is 10. The van der Waals surface area contributed by atoms with Crippen LogP contribution in [0.5, 0.6) is 11.5 Å². The second kappa shape index (κ2) is 75.7. The standard InChI is InChI=1S/C10H21N3O2.C10H13NO2.C8H19N3O.C8H17N3.C8H11NO.2C6H6.C2H4O2.CH4.B.3ClH.FH.H2/c1-5-11-10(15-9(2)14)12-7-6-8-13(3)4;1-8(12)11-7-6-9-2-4-10(13)5-3-9;1-4-9-8(12)10-6-5-7-11(2)3;1-4-9-8-10-6-5-7-11(2)3;9-6-5-7-1-3-8(10)4-2-7;2*1-2-4-6-5-3-1;1-2(3)4;;;;;;;/h5-8H2,1-4H3,(H,11,12);2-5,13H,6-7H2,1H3,(H,11,12);4-7H2,1-3H3,(H2,9,10,12);4-7H2,1-3H3;1-4,10H,5-6,9H2;2*1-6H;1H3,(H,3,4);1H4;;5*1H/p-1/i;;;;;;;;;;;;;;1+1. The highest BCUT2D eigenvalue weighted by Gasteiger charge is 2.02. The molecule has 3 amide bonds. The summed E-state index contributed by atoms with van der Waals surface area (Å²) in [5.41, 5.74) is 7.61. The SMILES string of the molecule is C.CC(=O)NCCc1ccc(O)cc1.CC(=O)[O-].CCN=C=NCCC[NH+](C)C.CCNC(=NCCC[NH+](C)C)OC(C)=O.CCNC(=O)NCCC[NH+](C)C.F.NCCc1ccc(O)cc1.[2HH].[B].[Cl-].[Cl-].[Cl-].c1ccccc1.c1ccccc1. The van der Waals surface area contributed by atoms with Gasteiger partial charge in [-0.2, -0.15) is 0 Å². The number of aliphatic imine (C=N–C) groups is 3. The molecule has 0 aliphatic heterocycles. The Kier molecular flexibility index (Phi) is 90.1. The smallest absolute Gasteiger partial charge is 0.314 e. The number of nitrogens with one attached hydrogen (secondary N) is 7. The van der Waals surface area contributed by atoms with Gasteiger partial charge in [0.05, 0.1) is 74.5 Å². The number of aromatic hydroxyl groups is 2. The number of quaternary nitrogens is 3. The number of carboxylic acids is 1. The quantitative estimate of drug-likeness (QED) is 0.0132. The first-order valence-electron chi connectivity index (χ1n) is 26.3. The molecule has 0 spiro atoms. The van der Waals surface area contributed by atoms with E-state index in [0.717, 1.165) is 83.9 Å². The van der Waals surface area contributed by atoms with Gasteiger partial charge in [-0.05, 0) is 82.5 Å². The van der Waals surface area contributed by atoms with Gasteiger partial charge in [0.1, 0.15) is 11.5 Å². The number of carbonyl (C=O) groups is 4. The summed E-state index contributed by atoms with van der Waals surface area (Å²) >= 11 is 0. The summed E-state index contributed by atoms with van der Waals surface area (Å²) in [4.78, 5) is 57.3. The highest BCUT2D eigenvalue weighted by molar-refractivity contribution is 5.86. The maximum Gasteiger partial charge on any atom is 0.314 e. The van der Waals surface area contributed by atoms with Crippen molar-refractivity contribution in [1.82, 2.24) is 21.3 Å². The van der Waals surface area contributed by atoms with Crippen molar-refractivity contribution in [3.63, 3.8) is 0 Å². The second-order valence-corrected chi connectivity index (χ2v) is 17.4. The number of esters is 1. The Morgan fingerprint density at radius 3 is 1.30 bits per heavy atom. The van der Waals surface area contributed by atoms with Crippen molar-refractivity contribution in [3.05, 3.63) is 132 Å². The van der Waals surface area contributed by atoms with E-state index in [9.17, 15) is 14.4 Å². The zero-order valence-corrected chi connectivity index (χ0v) is 53.0. The number of phenols is 2. The normalized spacial score (nSPS) is 8.94. The zero-order chi connectivity index (χ0) is 58.7. The van der Waals surface area contributed by atoms with Crippen LogP contribution in [-0.2, 0) is 32.0 Å². The molecule has 0 saturated carbocycles. The van der Waals surface area contributed by atoms with E-state index in [4.69, 9.17) is 30.6 Å². The minimum absolute atomic E-state index is 0. The number of urea groups is 1. The Morgan fingerprint density at radius 1 is 0.590 bits per heavy atom. The molecule has 0 aromatic heterocycles. The van der Waals surface area contributed by atoms with E-state index in [0.29, 0.717) is 44.5 Å². The summed E-state index contributed by atoms with van der Waals surface area (Å²) in [6, 6.07) is 41.0. The van der Waals surface area contributed by atoms with Crippen molar-refractivity contribution < 1.29 is 97.3 Å². The summed E-state index contributed by atoms with van der Waals surface area (Å²) < 4.78 is 4.89. The maximum atomic E-state index is 10.9. The van der Waals surface area contributed by atoms with Crippen molar-refractivity contribution >= 4 is 44.3 Å². The van der Waals surface area contributed by atoms with Gasteiger partial charge in [0.15, 0.2) is 0 Å². The molecule has 477 valence electrons. The van der Waals surface area contributed by atoms with Crippen LogP contribution in [-0.4, -0.2) is 169 Å². The number of rotatable bonds is 20. The van der Waals surface area contributed by atoms with Crippen LogP contribution in [0, 0.1) is 0 Å². The minimum atomic E-state index is -1.08. The fraction of sp³-hybridized carbons (Fsp3) is 0.492. The van der Waals surface area contributed by atoms with Crippen LogP contribution in [0.25, 0.3) is 0 Å². The third kappa shape index (κ3) is 92.4. The number of amides is 3. The summed E-state index contributed by atoms with van der Waals surface area (Å²) in [5.74, 6) is -0.865. The predicted octanol–water partition coefficient (Wildman–Crippen LogP) is -6.64. The van der Waals surface area contributed by atoms with Crippen LogP contribution in [0.3, 0.4) is 0 Å². The number of benzene rings is 4. The van der Waals surface area contributed by atoms with Gasteiger partial charge in [-0.25, -0.2) is 19.8 Å². The first kappa shape index (κ1) is 98.8. The molecular weight excluding hydrogens is 1130 g/mol. The van der Waals surface area contributed by atoms with Gasteiger partial charge in [0.2, 0.25) is 5.91 Å². The number of nitrogens with two attached hydrogens (primary N) is 1. The maximum absolute atomic E-state index is 10.9. The Bertz CT molecular complexity index is 1990. The number of aliphatic carboxylic acids is 1. The molecule has 0 fully saturated rings. The summed E-state index contributed by atoms with van der Waals surface area (Å²) in [5, 5.41) is 37.8. The van der Waals surface area contributed by atoms with E-state index >= 15 is 0 Å². The molecule has 4 rings (SSSR count). The average Bonchev–Trinajstić information content (AvgIpc) is 3.38. The molecule has 11 N–H and O–H groups in total. The molecular formula is C59H106BCl3FN11O8-. The van der Waals surface area contributed by atoms with Crippen LogP contribution in [0.15, 0.2) is 136 Å². The second-order valence-electron chi connectivity index (χ2n) is 17.4. The van der Waals surface area contributed by atoms with Crippen molar-refractivity contribution in [2.75, 3.05) is 114 Å². The topological polar surface area (TPSA) is 266 Å². The molecule has 3 radical (unpaired) electrons. The fourth-order valence-corrected chi connectivity index (χ4v) is 5.22. The van der Waals surface area contributed by atoms with E-state index in [-0.39, 0.29) is 82.8 Å². The predicted molar refractivity (Wildman–Crippen MR) is 329 cm³/mol. The van der Waals surface area contributed by atoms with E-state index in [1.165, 1.54) is 34.1 Å². The van der Waals surface area contributed by atoms with E-state index in [1.807, 2.05) is 118 Å². The molecule has 0 heterocycles. The first-order chi connectivity index (χ1) is 36.7. The van der Waals surface area contributed by atoms with Crippen molar-refractivity contribution in [3.8, 4) is 11.5 Å². The van der Waals surface area contributed by atoms with Gasteiger partial charge >= 0.3 is 12.0 Å². The third-order valence-corrected chi connectivity index (χ3v) is 8.81. The van der Waals surface area contributed by atoms with Gasteiger partial charge in [0.25, 0.3) is 6.02 Å². The van der Waals surface area contributed by atoms with Crippen molar-refractivity contribution in [2.45, 2.75) is 81.1 Å². The Hall–Kier alpha value is -6.29. The molecule has 24 heteroatoms. The fourth-order valence-electron chi connectivity index (χ4n) is 5.22. The lowest BCUT2D eigenvalue weighted by Gasteiger charge is -2.08. The Balaban J connectivity index is -0.0000000813. The van der Waals surface area contributed by atoms with E-state index in [2.05, 4.69) is 84.5 Å². The van der Waals surface area contributed by atoms with Gasteiger partial charge < -0.3 is 104 Å². The summed E-state index contributed by atoms with van der Waals surface area (Å²) in [6.45, 7) is 18.7. The van der Waals surface area contributed by atoms with Crippen LogP contribution >= 0.6 is 0 Å². The van der Waals surface area contributed by atoms with Gasteiger partial charge in [-0.15, -0.1) is 0 Å². The van der Waals surface area contributed by atoms with E-state index < -0.39 is 5.97 Å². The van der Waals surface area contributed by atoms with Gasteiger partial charge in [-0.1, -0.05) is 104 Å². The molecule has 83 heavy (non-hydrogen) atoms. The average molecular weight is 1230 g/mol. The lowest BCUT2D eigenvalue weighted by molar-refractivity contribution is -0.858. The van der Waals surface area contributed by atoms with Gasteiger partial charge in [-0.3, -0.25) is 14.3 Å². The lowest BCUT2D eigenvalue weighted by atomic mass is 10.1. The number of halogens is 4. The van der Waals surface area contributed by atoms with Crippen LogP contribution in [0.2, 0.25) is 0 Å². The largest absolute Gasteiger partial charge is 1.00 e. The summed E-state index contributed by atoms with van der Waals surface area (Å²) in [6.07, 6.45) is 4.80. The summed E-state index contributed by atoms with van der Waals surface area (Å²) in [7, 11) is 12.7. The number of hydrogen-bond acceptors (Lipinski definition) is 12. The molecule has 0 bridgehead atoms. The lowest BCUT2D eigenvalue weighted by Crippen LogP contribution is -3.05. The number of ether oxygens (including phenoxy) is 1. The molecule has 19 nitrogen and oxygen atoms in total. The van der Waals surface area contributed by atoms with Crippen molar-refractivity contribution in [1.29, 1.82) is 0 Å². The number of nitrogens with zero attached hydrogens (tertiary/aromatic N) is 3. The van der Waals surface area contributed by atoms with Gasteiger partial charge in [0, 0.05) is 88.2 Å². The van der Waals surface area contributed by atoms with Crippen LogP contribution in [0.4, 0.5) is 9.50 Å². The van der Waals surface area contributed by atoms with Crippen LogP contribution < -0.4 is 84.0 Å². The number of carboxylic acid groups (broad SMARTS) is 1. The first-order valence-corrected chi connectivity index (χ1v) is 26.3. The minimum Gasteiger partial charge on any atom is -1.00 e. The number of amidine groups is 1. The molecule has 0 unspecified atom stereocenters. The third-order valence-electron chi connectivity index (χ3n) is 8.81. The molecule has 4 aromatic carbocycles. The Labute approximate surface area is 520 Å². The molecule has 0 atom stereocenters. The number of phenolic OH excluding ortho intramolecular Hbond substituents is 2. The molecule has 0 saturated heterocycles. The van der Waals surface area contributed by atoms with Crippen molar-refractivity contribution in [2.24, 2.45) is 20.7 Å². The monoisotopic (exact) mass is 1230 g/mol. The number of carbonyl (C=O) groups excluding carboxylic acids is 4. The highest BCUT2D eigenvalue weighted by atomic mass is 35.5. The molecule has 0 aliphatic carbocycles. The van der Waals surface area contributed by atoms with Crippen LogP contribution in [0.1, 0.15) is 80.8 Å². The highest BCUT2D eigenvalue weighted by Crippen LogP contribution is 2.10.